The molecule has 2 aromatic rings. The number of nitriles is 1. The van der Waals surface area contributed by atoms with Crippen LogP contribution in [-0.2, 0) is 4.79 Å². The van der Waals surface area contributed by atoms with E-state index in [1.807, 2.05) is 24.3 Å². The monoisotopic (exact) mass is 335 g/mol. The molecule has 5 heteroatoms. The number of hydrogen-bond donors (Lipinski definition) is 1. The van der Waals surface area contributed by atoms with Gasteiger partial charge in [-0.1, -0.05) is 12.1 Å². The van der Waals surface area contributed by atoms with Crippen molar-refractivity contribution in [1.82, 2.24) is 0 Å². The maximum atomic E-state index is 12.5. The number of hydrogen-bond acceptors (Lipinski definition) is 4. The Hall–Kier alpha value is -3.00. The number of amides is 1. The predicted octanol–water partition coefficient (Wildman–Crippen LogP) is 3.56. The Morgan fingerprint density at radius 3 is 2.52 bits per heavy atom. The van der Waals surface area contributed by atoms with Gasteiger partial charge < -0.3 is 15.0 Å². The molecule has 1 fully saturated rings. The third-order valence-corrected chi connectivity index (χ3v) is 4.27. The quantitative estimate of drug-likeness (QED) is 0.907. The normalized spacial score (nSPS) is 14.6. The number of anilines is 2. The van der Waals surface area contributed by atoms with Gasteiger partial charge in [0.25, 0.3) is 5.91 Å². The highest BCUT2D eigenvalue weighted by atomic mass is 16.5. The second-order valence-corrected chi connectivity index (χ2v) is 6.10. The smallest absolute Gasteiger partial charge is 0.265 e. The van der Waals surface area contributed by atoms with Gasteiger partial charge in [0, 0.05) is 13.1 Å². The minimum atomic E-state index is -0.639. The Balaban J connectivity index is 1.66. The molecular formula is C20H21N3O2. The Morgan fingerprint density at radius 1 is 1.16 bits per heavy atom. The molecule has 1 aliphatic heterocycles. The summed E-state index contributed by atoms with van der Waals surface area (Å²) in [5.41, 5.74) is 2.42. The minimum absolute atomic E-state index is 0.198. The predicted molar refractivity (Wildman–Crippen MR) is 97.8 cm³/mol. The Labute approximate surface area is 147 Å². The van der Waals surface area contributed by atoms with E-state index < -0.39 is 6.10 Å². The van der Waals surface area contributed by atoms with Crippen LogP contribution in [0.3, 0.4) is 0 Å². The topological polar surface area (TPSA) is 65.4 Å². The van der Waals surface area contributed by atoms with E-state index in [9.17, 15) is 4.79 Å². The van der Waals surface area contributed by atoms with Gasteiger partial charge in [-0.05, 0) is 56.2 Å². The summed E-state index contributed by atoms with van der Waals surface area (Å²) in [6.45, 7) is 3.75. The standard InChI is InChI=1S/C20H21N3O2/c1-15(25-17-10-8-16(14-21)9-11-17)20(24)22-18-6-2-3-7-19(18)23-12-4-5-13-23/h2-3,6-11,15H,4-5,12-13H2,1H3,(H,22,24)/t15-/m0/s1. The summed E-state index contributed by atoms with van der Waals surface area (Å²) < 4.78 is 5.68. The fraction of sp³-hybridized carbons (Fsp3) is 0.300. The van der Waals surface area contributed by atoms with Crippen molar-refractivity contribution < 1.29 is 9.53 Å². The number of ether oxygens (including phenoxy) is 1. The lowest BCUT2D eigenvalue weighted by Crippen LogP contribution is -2.31. The zero-order valence-electron chi connectivity index (χ0n) is 14.2. The highest BCUT2D eigenvalue weighted by Crippen LogP contribution is 2.28. The fourth-order valence-electron chi connectivity index (χ4n) is 2.91. The number of para-hydroxylation sites is 2. The van der Waals surface area contributed by atoms with Crippen molar-refractivity contribution in [2.24, 2.45) is 0 Å². The molecule has 1 saturated heterocycles. The van der Waals surface area contributed by atoms with E-state index in [0.29, 0.717) is 11.3 Å². The molecule has 0 aliphatic carbocycles. The van der Waals surface area contributed by atoms with E-state index in [2.05, 4.69) is 16.3 Å². The van der Waals surface area contributed by atoms with E-state index in [0.717, 1.165) is 24.5 Å². The first kappa shape index (κ1) is 16.8. The summed E-state index contributed by atoms with van der Waals surface area (Å²) in [6, 6.07) is 16.6. The van der Waals surface area contributed by atoms with Crippen LogP contribution in [0.2, 0.25) is 0 Å². The average Bonchev–Trinajstić information content (AvgIpc) is 3.17. The maximum Gasteiger partial charge on any atom is 0.265 e. The molecule has 1 N–H and O–H groups in total. The van der Waals surface area contributed by atoms with Crippen LogP contribution in [0.25, 0.3) is 0 Å². The van der Waals surface area contributed by atoms with Crippen LogP contribution in [0.5, 0.6) is 5.75 Å². The van der Waals surface area contributed by atoms with Crippen molar-refractivity contribution >= 4 is 17.3 Å². The highest BCUT2D eigenvalue weighted by Gasteiger charge is 2.19. The first-order chi connectivity index (χ1) is 12.2. The molecule has 0 aromatic heterocycles. The van der Waals surface area contributed by atoms with E-state index in [1.54, 1.807) is 31.2 Å². The molecule has 0 bridgehead atoms. The first-order valence-electron chi connectivity index (χ1n) is 8.49. The van der Waals surface area contributed by atoms with Gasteiger partial charge >= 0.3 is 0 Å². The summed E-state index contributed by atoms with van der Waals surface area (Å²) in [5, 5.41) is 11.8. The van der Waals surface area contributed by atoms with Crippen LogP contribution in [0.15, 0.2) is 48.5 Å². The lowest BCUT2D eigenvalue weighted by Gasteiger charge is -2.22. The largest absolute Gasteiger partial charge is 0.481 e. The molecule has 25 heavy (non-hydrogen) atoms. The van der Waals surface area contributed by atoms with Crippen molar-refractivity contribution in [3.8, 4) is 11.8 Å². The fourth-order valence-corrected chi connectivity index (χ4v) is 2.91. The average molecular weight is 335 g/mol. The number of nitrogens with zero attached hydrogens (tertiary/aromatic N) is 2. The van der Waals surface area contributed by atoms with Crippen LogP contribution < -0.4 is 15.0 Å². The second kappa shape index (κ2) is 7.71. The van der Waals surface area contributed by atoms with E-state index in [4.69, 9.17) is 10.00 Å². The summed E-state index contributed by atoms with van der Waals surface area (Å²) in [6.07, 6.45) is 1.72. The maximum absolute atomic E-state index is 12.5. The summed E-state index contributed by atoms with van der Waals surface area (Å²) >= 11 is 0. The molecule has 0 spiro atoms. The lowest BCUT2D eigenvalue weighted by atomic mass is 10.2. The number of benzene rings is 2. The zero-order valence-corrected chi connectivity index (χ0v) is 14.2. The molecule has 0 unspecified atom stereocenters. The van der Waals surface area contributed by atoms with Gasteiger partial charge in [0.1, 0.15) is 5.75 Å². The molecule has 1 amide bonds. The number of carbonyl (C=O) groups excluding carboxylic acids is 1. The minimum Gasteiger partial charge on any atom is -0.481 e. The molecule has 0 saturated carbocycles. The number of nitrogens with one attached hydrogen (secondary N) is 1. The van der Waals surface area contributed by atoms with Crippen molar-refractivity contribution in [1.29, 1.82) is 5.26 Å². The molecule has 5 nitrogen and oxygen atoms in total. The van der Waals surface area contributed by atoms with Crippen LogP contribution in [0.4, 0.5) is 11.4 Å². The summed E-state index contributed by atoms with van der Waals surface area (Å²) in [7, 11) is 0. The van der Waals surface area contributed by atoms with Gasteiger partial charge in [0.15, 0.2) is 6.10 Å². The molecule has 0 radical (unpaired) electrons. The zero-order chi connectivity index (χ0) is 17.6. The Kier molecular flexibility index (Phi) is 5.20. The first-order valence-corrected chi connectivity index (χ1v) is 8.49. The van der Waals surface area contributed by atoms with E-state index in [-0.39, 0.29) is 5.91 Å². The molecule has 2 aromatic carbocycles. The van der Waals surface area contributed by atoms with Crippen LogP contribution in [0, 0.1) is 11.3 Å². The van der Waals surface area contributed by atoms with Gasteiger partial charge in [-0.25, -0.2) is 0 Å². The van der Waals surface area contributed by atoms with E-state index in [1.165, 1.54) is 12.8 Å². The van der Waals surface area contributed by atoms with Crippen molar-refractivity contribution in [2.45, 2.75) is 25.9 Å². The van der Waals surface area contributed by atoms with Gasteiger partial charge in [0.05, 0.1) is 23.0 Å². The highest BCUT2D eigenvalue weighted by molar-refractivity contribution is 5.97. The van der Waals surface area contributed by atoms with Crippen molar-refractivity contribution in [2.75, 3.05) is 23.3 Å². The van der Waals surface area contributed by atoms with Gasteiger partial charge in [0.2, 0.25) is 0 Å². The van der Waals surface area contributed by atoms with Crippen molar-refractivity contribution in [3.63, 3.8) is 0 Å². The van der Waals surface area contributed by atoms with Crippen molar-refractivity contribution in [3.05, 3.63) is 54.1 Å². The van der Waals surface area contributed by atoms with E-state index >= 15 is 0 Å². The van der Waals surface area contributed by atoms with Gasteiger partial charge in [-0.3, -0.25) is 4.79 Å². The molecule has 1 atom stereocenters. The van der Waals surface area contributed by atoms with Crippen LogP contribution in [0.1, 0.15) is 25.3 Å². The number of rotatable bonds is 5. The summed E-state index contributed by atoms with van der Waals surface area (Å²) in [4.78, 5) is 14.8. The second-order valence-electron chi connectivity index (χ2n) is 6.10. The molecule has 128 valence electrons. The third-order valence-electron chi connectivity index (χ3n) is 4.27. The van der Waals surface area contributed by atoms with Crippen LogP contribution >= 0.6 is 0 Å². The summed E-state index contributed by atoms with van der Waals surface area (Å²) in [5.74, 6) is 0.366. The lowest BCUT2D eigenvalue weighted by molar-refractivity contribution is -0.122. The van der Waals surface area contributed by atoms with Gasteiger partial charge in [-0.15, -0.1) is 0 Å². The number of carbonyl (C=O) groups is 1. The Morgan fingerprint density at radius 2 is 1.84 bits per heavy atom. The molecule has 1 heterocycles. The molecule has 3 rings (SSSR count). The molecule has 1 aliphatic rings. The van der Waals surface area contributed by atoms with Crippen LogP contribution in [-0.4, -0.2) is 25.1 Å². The Bertz CT molecular complexity index is 774. The molecular weight excluding hydrogens is 314 g/mol. The third kappa shape index (κ3) is 4.10. The van der Waals surface area contributed by atoms with Gasteiger partial charge in [-0.2, -0.15) is 5.26 Å². The SMILES string of the molecule is C[C@H](Oc1ccc(C#N)cc1)C(=O)Nc1ccccc1N1CCCC1.